The maximum atomic E-state index is 13.7. The van der Waals surface area contributed by atoms with Gasteiger partial charge in [-0.3, -0.25) is 9.36 Å². The van der Waals surface area contributed by atoms with E-state index in [1.807, 2.05) is 30.7 Å². The number of nitrogens with zero attached hydrogens (tertiary/aromatic N) is 4. The van der Waals surface area contributed by atoms with Gasteiger partial charge >= 0.3 is 0 Å². The number of halogens is 2. The molecule has 28 heavy (non-hydrogen) atoms. The van der Waals surface area contributed by atoms with Crippen molar-refractivity contribution in [1.82, 2.24) is 24.9 Å². The highest BCUT2D eigenvalue weighted by Crippen LogP contribution is 2.19. The van der Waals surface area contributed by atoms with Gasteiger partial charge in [0, 0.05) is 36.6 Å². The van der Waals surface area contributed by atoms with Crippen LogP contribution in [0.25, 0.3) is 0 Å². The highest BCUT2D eigenvalue weighted by atomic mass is 79.9. The topological polar surface area (TPSA) is 59.7 Å². The molecule has 0 fully saturated rings. The van der Waals surface area contributed by atoms with E-state index in [1.165, 1.54) is 6.07 Å². The molecule has 0 bridgehead atoms. The minimum absolute atomic E-state index is 0.237. The number of anilines is 1. The van der Waals surface area contributed by atoms with Crippen LogP contribution in [0.1, 0.15) is 23.4 Å². The first kappa shape index (κ1) is 20.5. The zero-order valence-corrected chi connectivity index (χ0v) is 18.1. The van der Waals surface area contributed by atoms with Gasteiger partial charge in [-0.05, 0) is 54.5 Å². The van der Waals surface area contributed by atoms with E-state index >= 15 is 0 Å². The Bertz CT molecular complexity index is 967. The lowest BCUT2D eigenvalue weighted by atomic mass is 10.2. The van der Waals surface area contributed by atoms with Gasteiger partial charge in [0.15, 0.2) is 10.9 Å². The van der Waals surface area contributed by atoms with Crippen molar-refractivity contribution in [3.63, 3.8) is 0 Å². The summed E-state index contributed by atoms with van der Waals surface area (Å²) in [7, 11) is 0. The van der Waals surface area contributed by atoms with Crippen molar-refractivity contribution in [2.75, 3.05) is 11.9 Å². The normalized spacial score (nSPS) is 10.9. The summed E-state index contributed by atoms with van der Waals surface area (Å²) >= 11 is 8.85. The van der Waals surface area contributed by atoms with Gasteiger partial charge in [-0.25, -0.2) is 4.39 Å². The molecule has 0 saturated carbocycles. The van der Waals surface area contributed by atoms with Gasteiger partial charge in [-0.1, -0.05) is 18.2 Å². The minimum atomic E-state index is -0.237. The molecule has 0 aliphatic rings. The minimum Gasteiger partial charge on any atom is -0.362 e. The van der Waals surface area contributed by atoms with Crippen LogP contribution in [-0.2, 0) is 13.1 Å². The van der Waals surface area contributed by atoms with Crippen LogP contribution in [0.5, 0.6) is 0 Å². The zero-order chi connectivity index (χ0) is 20.1. The largest absolute Gasteiger partial charge is 0.362 e. The number of rotatable bonds is 7. The summed E-state index contributed by atoms with van der Waals surface area (Å²) in [5, 5.41) is 15.6. The smallest absolute Gasteiger partial charge is 0.171 e. The Labute approximate surface area is 177 Å². The van der Waals surface area contributed by atoms with E-state index in [9.17, 15) is 4.39 Å². The van der Waals surface area contributed by atoms with Crippen LogP contribution in [-0.4, -0.2) is 31.2 Å². The Morgan fingerprint density at radius 2 is 2.00 bits per heavy atom. The van der Waals surface area contributed by atoms with Gasteiger partial charge < -0.3 is 10.6 Å². The van der Waals surface area contributed by atoms with Gasteiger partial charge in [0.1, 0.15) is 5.82 Å². The van der Waals surface area contributed by atoms with Crippen molar-refractivity contribution in [2.45, 2.75) is 33.4 Å². The third kappa shape index (κ3) is 5.17. The van der Waals surface area contributed by atoms with Crippen LogP contribution in [0.2, 0.25) is 0 Å². The van der Waals surface area contributed by atoms with E-state index in [0.717, 1.165) is 35.4 Å². The van der Waals surface area contributed by atoms with Gasteiger partial charge in [0.25, 0.3) is 0 Å². The lowest BCUT2D eigenvalue weighted by Gasteiger charge is -2.09. The number of aromatic nitrogens is 4. The highest BCUT2D eigenvalue weighted by molar-refractivity contribution is 9.10. The molecule has 0 radical (unpaired) electrons. The van der Waals surface area contributed by atoms with Crippen LogP contribution in [0, 0.1) is 19.7 Å². The Balaban J connectivity index is 1.43. The third-order valence-electron chi connectivity index (χ3n) is 4.30. The Hall–Kier alpha value is -2.26. The number of nitrogens with one attached hydrogen (secondary N) is 2. The summed E-state index contributed by atoms with van der Waals surface area (Å²) in [6.07, 6.45) is 2.68. The summed E-state index contributed by atoms with van der Waals surface area (Å²) < 4.78 is 18.5. The van der Waals surface area contributed by atoms with Gasteiger partial charge in [0.05, 0.1) is 16.7 Å². The third-order valence-corrected chi connectivity index (χ3v) is 5.69. The van der Waals surface area contributed by atoms with Crippen molar-refractivity contribution in [2.24, 2.45) is 0 Å². The number of thiocarbonyl (C=S) groups is 1. The van der Waals surface area contributed by atoms with Crippen molar-refractivity contribution in [1.29, 1.82) is 0 Å². The first-order valence-electron chi connectivity index (χ1n) is 8.95. The second-order valence-corrected chi connectivity index (χ2v) is 7.63. The van der Waals surface area contributed by atoms with Crippen molar-refractivity contribution in [3.05, 3.63) is 63.8 Å². The Kier molecular flexibility index (Phi) is 6.79. The summed E-state index contributed by atoms with van der Waals surface area (Å²) in [5.41, 5.74) is 2.71. The van der Waals surface area contributed by atoms with Crippen LogP contribution >= 0.6 is 28.1 Å². The Morgan fingerprint density at radius 1 is 1.21 bits per heavy atom. The van der Waals surface area contributed by atoms with E-state index in [4.69, 9.17) is 12.2 Å². The molecule has 9 heteroatoms. The summed E-state index contributed by atoms with van der Waals surface area (Å²) in [5.74, 6) is 0.385. The highest BCUT2D eigenvalue weighted by Gasteiger charge is 2.08. The number of hydrogen-bond donors (Lipinski definition) is 2. The van der Waals surface area contributed by atoms with Crippen molar-refractivity contribution >= 4 is 39.1 Å². The molecule has 0 aliphatic heterocycles. The first-order valence-corrected chi connectivity index (χ1v) is 10.2. The molecule has 0 amide bonds. The summed E-state index contributed by atoms with van der Waals surface area (Å²) in [6.45, 7) is 5.92. The molecular formula is C19H22BrFN6S. The van der Waals surface area contributed by atoms with Gasteiger partial charge in [0.2, 0.25) is 0 Å². The van der Waals surface area contributed by atoms with Gasteiger partial charge in [-0.2, -0.15) is 10.2 Å². The van der Waals surface area contributed by atoms with Crippen LogP contribution in [0.4, 0.5) is 10.2 Å². The maximum absolute atomic E-state index is 13.7. The predicted octanol–water partition coefficient (Wildman–Crippen LogP) is 4.02. The molecular weight excluding hydrogens is 443 g/mol. The first-order chi connectivity index (χ1) is 13.4. The molecule has 0 unspecified atom stereocenters. The van der Waals surface area contributed by atoms with Crippen molar-refractivity contribution in [3.8, 4) is 0 Å². The van der Waals surface area contributed by atoms with Crippen LogP contribution in [0.3, 0.4) is 0 Å². The number of benzene rings is 1. The molecule has 0 atom stereocenters. The number of hydrogen-bond acceptors (Lipinski definition) is 3. The molecule has 3 rings (SSSR count). The van der Waals surface area contributed by atoms with E-state index in [2.05, 4.69) is 36.8 Å². The molecule has 6 nitrogen and oxygen atoms in total. The second-order valence-electron chi connectivity index (χ2n) is 6.43. The second kappa shape index (κ2) is 9.29. The van der Waals surface area contributed by atoms with E-state index in [-0.39, 0.29) is 5.82 Å². The lowest BCUT2D eigenvalue weighted by molar-refractivity contribution is 0.558. The fourth-order valence-corrected chi connectivity index (χ4v) is 3.29. The van der Waals surface area contributed by atoms with Crippen LogP contribution < -0.4 is 10.6 Å². The molecule has 1 aromatic carbocycles. The van der Waals surface area contributed by atoms with Crippen LogP contribution in [0.15, 0.2) is 41.0 Å². The zero-order valence-electron chi connectivity index (χ0n) is 15.7. The summed E-state index contributed by atoms with van der Waals surface area (Å²) in [4.78, 5) is 0. The number of aryl methyl sites for hydroxylation is 2. The van der Waals surface area contributed by atoms with E-state index < -0.39 is 0 Å². The average Bonchev–Trinajstić information content (AvgIpc) is 3.20. The van der Waals surface area contributed by atoms with E-state index in [0.29, 0.717) is 23.0 Å². The molecule has 2 aromatic heterocycles. The molecule has 0 spiro atoms. The molecule has 2 N–H and O–H groups in total. The Morgan fingerprint density at radius 3 is 2.71 bits per heavy atom. The molecule has 2 heterocycles. The molecule has 3 aromatic rings. The SMILES string of the molecule is Cc1nn(CCCNC(=S)Nc2ccn(Cc3ccccc3F)n2)c(C)c1Br. The monoisotopic (exact) mass is 464 g/mol. The molecule has 148 valence electrons. The average molecular weight is 465 g/mol. The van der Waals surface area contributed by atoms with Gasteiger partial charge in [-0.15, -0.1) is 0 Å². The maximum Gasteiger partial charge on any atom is 0.171 e. The fourth-order valence-electron chi connectivity index (χ4n) is 2.80. The molecule has 0 saturated heterocycles. The fraction of sp³-hybridized carbons (Fsp3) is 0.316. The quantitative estimate of drug-likeness (QED) is 0.408. The molecule has 0 aliphatic carbocycles. The standard InChI is InChI=1S/C19H22BrFN6S/c1-13-18(20)14(2)27(24-13)10-5-9-22-19(28)23-17-8-11-26(25-17)12-15-6-3-4-7-16(15)21/h3-4,6-8,11H,5,9-10,12H2,1-2H3,(H2,22,23,25,28). The summed E-state index contributed by atoms with van der Waals surface area (Å²) in [6, 6.07) is 8.49. The van der Waals surface area contributed by atoms with E-state index in [1.54, 1.807) is 23.0 Å². The predicted molar refractivity (Wildman–Crippen MR) is 116 cm³/mol. The van der Waals surface area contributed by atoms with Crippen molar-refractivity contribution < 1.29 is 4.39 Å². The lowest BCUT2D eigenvalue weighted by Crippen LogP contribution is -2.30.